The van der Waals surface area contributed by atoms with E-state index < -0.39 is 0 Å². The number of hydrogen-bond acceptors (Lipinski definition) is 2. The number of benzene rings is 4. The molecule has 0 amide bonds. The first-order chi connectivity index (χ1) is 18.5. The summed E-state index contributed by atoms with van der Waals surface area (Å²) in [4.78, 5) is 4.41. The second-order valence-corrected chi connectivity index (χ2v) is 9.61. The molecule has 0 spiro atoms. The van der Waals surface area contributed by atoms with Gasteiger partial charge in [-0.25, -0.2) is 0 Å². The second-order valence-electron chi connectivity index (χ2n) is 9.61. The van der Waals surface area contributed by atoms with Gasteiger partial charge in [-0.05, 0) is 36.6 Å². The molecular weight excluding hydrogens is 659 g/mol. The number of rotatable bonds is 2. The van der Waals surface area contributed by atoms with Crippen LogP contribution in [0.5, 0.6) is 0 Å². The maximum Gasteiger partial charge on any atom is 0.494 e. The molecule has 0 atom stereocenters. The Bertz CT molecular complexity index is 1890. The Morgan fingerprint density at radius 3 is 2.31 bits per heavy atom. The van der Waals surface area contributed by atoms with E-state index in [9.17, 15) is 0 Å². The molecule has 4 nitrogen and oxygen atoms in total. The van der Waals surface area contributed by atoms with Gasteiger partial charge >= 0.3 is 6.01 Å². The molecule has 0 unspecified atom stereocenters. The molecule has 1 aliphatic rings. The number of furan rings is 1. The van der Waals surface area contributed by atoms with Crippen molar-refractivity contribution >= 4 is 45.0 Å². The molecular formula is C34H27IrN3O. The molecule has 193 valence electrons. The van der Waals surface area contributed by atoms with Crippen molar-refractivity contribution in [3.8, 4) is 11.3 Å². The van der Waals surface area contributed by atoms with Crippen LogP contribution >= 0.6 is 0 Å². The summed E-state index contributed by atoms with van der Waals surface area (Å²) < 4.78 is 9.99. The van der Waals surface area contributed by atoms with Gasteiger partial charge in [-0.3, -0.25) is 0 Å². The number of pyridine rings is 1. The van der Waals surface area contributed by atoms with Gasteiger partial charge in [0.15, 0.2) is 7.05 Å². The van der Waals surface area contributed by atoms with Gasteiger partial charge in [0.25, 0.3) is 11.4 Å². The number of aromatic nitrogens is 1. The predicted octanol–water partition coefficient (Wildman–Crippen LogP) is 8.15. The predicted molar refractivity (Wildman–Crippen MR) is 154 cm³/mol. The number of fused-ring (bicyclic) bond motifs is 4. The monoisotopic (exact) mass is 686 g/mol. The van der Waals surface area contributed by atoms with E-state index >= 15 is 0 Å². The maximum absolute atomic E-state index is 5.98. The summed E-state index contributed by atoms with van der Waals surface area (Å²) in [5.74, 6) is 0. The van der Waals surface area contributed by atoms with Crippen LogP contribution in [0.4, 0.5) is 17.1 Å². The first kappa shape index (κ1) is 26.5. The zero-order valence-electron chi connectivity index (χ0n) is 22.2. The molecule has 7 rings (SSSR count). The molecule has 1 radical (unpaired) electrons. The van der Waals surface area contributed by atoms with Crippen molar-refractivity contribution in [2.75, 3.05) is 7.05 Å². The Morgan fingerprint density at radius 2 is 1.54 bits per heavy atom. The third kappa shape index (κ3) is 5.13. The van der Waals surface area contributed by atoms with E-state index in [1.54, 1.807) is 0 Å². The largest absolute Gasteiger partial charge is 0.494 e. The van der Waals surface area contributed by atoms with E-state index in [4.69, 9.17) is 4.42 Å². The molecule has 0 saturated heterocycles. The van der Waals surface area contributed by atoms with E-state index in [0.29, 0.717) is 0 Å². The molecule has 0 N–H and O–H groups in total. The van der Waals surface area contributed by atoms with E-state index in [-0.39, 0.29) is 20.1 Å². The van der Waals surface area contributed by atoms with Crippen molar-refractivity contribution < 1.29 is 29.1 Å². The average molecular weight is 686 g/mol. The molecule has 2 aromatic heterocycles. The molecule has 0 saturated carbocycles. The Hall–Kier alpha value is -4.14. The molecule has 6 aromatic rings. The molecule has 1 aliphatic heterocycles. The van der Waals surface area contributed by atoms with Crippen molar-refractivity contribution in [3.05, 3.63) is 120 Å². The standard InChI is InChI=1S/C20H13N2O.C14H14N.Ir/c1-21-13-22(18-8-4-3-7-17(18)21)14-10-11-16-15-6-2-5-9-19(15)23-20(16)12-14;1-10-4-6-13(7-5-10)14-8-11(2)12(3)9-15-14;/h2-9,11-12H,1H3;4-6,8-9H,1-3H3;/q+1;-1;. The molecule has 0 fully saturated rings. The van der Waals surface area contributed by atoms with Gasteiger partial charge in [0, 0.05) is 44.0 Å². The summed E-state index contributed by atoms with van der Waals surface area (Å²) in [6, 6.07) is 38.5. The molecule has 0 bridgehead atoms. The van der Waals surface area contributed by atoms with Crippen molar-refractivity contribution in [1.82, 2.24) is 9.56 Å². The van der Waals surface area contributed by atoms with E-state index in [0.717, 1.165) is 50.3 Å². The van der Waals surface area contributed by atoms with E-state index in [2.05, 4.69) is 80.3 Å². The maximum atomic E-state index is 5.98. The Kier molecular flexibility index (Phi) is 7.41. The summed E-state index contributed by atoms with van der Waals surface area (Å²) in [6.07, 6.45) is 1.92. The van der Waals surface area contributed by atoms with E-state index in [1.165, 1.54) is 16.7 Å². The fourth-order valence-corrected chi connectivity index (χ4v) is 4.59. The smallest absolute Gasteiger partial charge is 0.483 e. The summed E-state index contributed by atoms with van der Waals surface area (Å²) in [7, 11) is 2.00. The first-order valence-electron chi connectivity index (χ1n) is 12.6. The van der Waals surface area contributed by atoms with Crippen LogP contribution in [0.1, 0.15) is 16.7 Å². The second kappa shape index (κ2) is 10.9. The zero-order chi connectivity index (χ0) is 26.2. The third-order valence-electron chi connectivity index (χ3n) is 6.89. The molecule has 3 heterocycles. The normalized spacial score (nSPS) is 11.8. The minimum absolute atomic E-state index is 0. The molecule has 4 aromatic carbocycles. The van der Waals surface area contributed by atoms with Crippen molar-refractivity contribution in [3.63, 3.8) is 0 Å². The van der Waals surface area contributed by atoms with Gasteiger partial charge in [-0.15, -0.1) is 41.5 Å². The zero-order valence-corrected chi connectivity index (χ0v) is 24.6. The fraction of sp³-hybridized carbons (Fsp3) is 0.118. The quantitative estimate of drug-likeness (QED) is 0.136. The third-order valence-corrected chi connectivity index (χ3v) is 6.89. The van der Waals surface area contributed by atoms with Crippen LogP contribution in [0.15, 0.2) is 95.5 Å². The van der Waals surface area contributed by atoms with Gasteiger partial charge in [0.2, 0.25) is 0 Å². The summed E-state index contributed by atoms with van der Waals surface area (Å²) in [5.41, 5.74) is 10.7. The fourth-order valence-electron chi connectivity index (χ4n) is 4.59. The van der Waals surface area contributed by atoms with Gasteiger partial charge in [-0.2, -0.15) is 6.07 Å². The van der Waals surface area contributed by atoms with Gasteiger partial charge < -0.3 is 9.40 Å². The van der Waals surface area contributed by atoms with Crippen LogP contribution < -0.4 is 4.58 Å². The average Bonchev–Trinajstić information content (AvgIpc) is 3.48. The van der Waals surface area contributed by atoms with Crippen LogP contribution in [-0.4, -0.2) is 22.6 Å². The summed E-state index contributed by atoms with van der Waals surface area (Å²) in [5, 5.41) is 2.21. The van der Waals surface area contributed by atoms with Crippen LogP contribution in [0, 0.1) is 32.9 Å². The molecule has 5 heteroatoms. The number of nitrogens with zero attached hydrogens (tertiary/aromatic N) is 3. The van der Waals surface area contributed by atoms with Gasteiger partial charge in [-0.1, -0.05) is 69.5 Å². The van der Waals surface area contributed by atoms with Crippen molar-refractivity contribution in [1.29, 1.82) is 0 Å². The number of aryl methyl sites for hydroxylation is 3. The van der Waals surface area contributed by atoms with E-state index in [1.807, 2.05) is 70.9 Å². The van der Waals surface area contributed by atoms with Crippen LogP contribution in [0.2, 0.25) is 0 Å². The van der Waals surface area contributed by atoms with Crippen molar-refractivity contribution in [2.45, 2.75) is 20.8 Å². The number of para-hydroxylation sites is 3. The Morgan fingerprint density at radius 1 is 0.769 bits per heavy atom. The topological polar surface area (TPSA) is 32.0 Å². The van der Waals surface area contributed by atoms with Gasteiger partial charge in [0.05, 0.1) is 0 Å². The molecule has 0 aliphatic carbocycles. The van der Waals surface area contributed by atoms with Gasteiger partial charge in [0.1, 0.15) is 11.3 Å². The number of hydrogen-bond donors (Lipinski definition) is 0. The van der Waals surface area contributed by atoms with Crippen LogP contribution in [-0.2, 0) is 20.1 Å². The van der Waals surface area contributed by atoms with Crippen LogP contribution in [0.3, 0.4) is 0 Å². The minimum atomic E-state index is 0. The first-order valence-corrected chi connectivity index (χ1v) is 12.6. The van der Waals surface area contributed by atoms with Crippen molar-refractivity contribution in [2.24, 2.45) is 0 Å². The summed E-state index contributed by atoms with van der Waals surface area (Å²) in [6.45, 7) is 6.24. The Labute approximate surface area is 241 Å². The Balaban J connectivity index is 0.000000169. The SMILES string of the molecule is C[N+]1=C=[N+](c2[c-]cc3c(c2)oc2ccccc23)c2ccccc21.Cc1c[c-]c(-c2cc(C)c(C)cn2)cc1.[Ir]. The summed E-state index contributed by atoms with van der Waals surface area (Å²) >= 11 is 0. The molecule has 39 heavy (non-hydrogen) atoms. The van der Waals surface area contributed by atoms with Crippen LogP contribution in [0.25, 0.3) is 33.2 Å². The minimum Gasteiger partial charge on any atom is -0.483 e.